The zero-order valence-electron chi connectivity index (χ0n) is 15.3. The number of halogens is 2. The topological polar surface area (TPSA) is 54.2 Å². The van der Waals surface area contributed by atoms with E-state index in [0.29, 0.717) is 19.0 Å². The van der Waals surface area contributed by atoms with Gasteiger partial charge in [-0.25, -0.2) is 4.39 Å². The number of aliphatic imine (C=N–C) groups is 1. The number of aryl methyl sites for hydroxylation is 2. The van der Waals surface area contributed by atoms with Crippen LogP contribution in [0.3, 0.4) is 0 Å². The minimum atomic E-state index is -0.225. The quantitative estimate of drug-likeness (QED) is 0.397. The summed E-state index contributed by atoms with van der Waals surface area (Å²) in [5.41, 5.74) is 4.61. The van der Waals surface area contributed by atoms with Gasteiger partial charge in [-0.15, -0.1) is 24.0 Å². The highest BCUT2D eigenvalue weighted by molar-refractivity contribution is 14.0. The number of nitrogens with one attached hydrogen (secondary N) is 2. The molecule has 0 radical (unpaired) electrons. The van der Waals surface area contributed by atoms with E-state index >= 15 is 0 Å². The highest BCUT2D eigenvalue weighted by Gasteiger charge is 2.13. The van der Waals surface area contributed by atoms with Gasteiger partial charge in [0.15, 0.2) is 5.96 Å². The first-order valence-electron chi connectivity index (χ1n) is 8.31. The first-order chi connectivity index (χ1) is 11.6. The molecule has 2 rings (SSSR count). The maximum absolute atomic E-state index is 12.9. The van der Waals surface area contributed by atoms with Crippen LogP contribution >= 0.6 is 24.0 Å². The average Bonchev–Trinajstić information content (AvgIpc) is 2.91. The maximum atomic E-state index is 12.9. The lowest BCUT2D eigenvalue weighted by Gasteiger charge is -2.13. The Hall–Kier alpha value is -1.64. The predicted molar refractivity (Wildman–Crippen MR) is 111 cm³/mol. The highest BCUT2D eigenvalue weighted by Crippen LogP contribution is 2.15. The summed E-state index contributed by atoms with van der Waals surface area (Å²) >= 11 is 0. The van der Waals surface area contributed by atoms with E-state index in [0.717, 1.165) is 24.1 Å². The van der Waals surface area contributed by atoms with E-state index in [4.69, 9.17) is 0 Å². The van der Waals surface area contributed by atoms with Gasteiger partial charge < -0.3 is 10.6 Å². The molecule has 0 spiro atoms. The van der Waals surface area contributed by atoms with Crippen LogP contribution < -0.4 is 10.6 Å². The van der Waals surface area contributed by atoms with Crippen LogP contribution in [0.5, 0.6) is 0 Å². The third-order valence-electron chi connectivity index (χ3n) is 4.06. The zero-order valence-corrected chi connectivity index (χ0v) is 17.6. The van der Waals surface area contributed by atoms with Crippen molar-refractivity contribution in [2.75, 3.05) is 7.05 Å². The van der Waals surface area contributed by atoms with Gasteiger partial charge in [-0.1, -0.05) is 26.0 Å². The van der Waals surface area contributed by atoms with Crippen LogP contribution in [0.15, 0.2) is 29.3 Å². The van der Waals surface area contributed by atoms with Gasteiger partial charge in [0.25, 0.3) is 0 Å². The SMILES string of the molecule is CCc1nn(C)c(CC)c1CNC(=NC)NCc1ccc(F)cc1.I. The Balaban J connectivity index is 0.00000312. The van der Waals surface area contributed by atoms with E-state index in [1.165, 1.54) is 23.4 Å². The molecule has 5 nitrogen and oxygen atoms in total. The minimum absolute atomic E-state index is 0. The summed E-state index contributed by atoms with van der Waals surface area (Å²) in [6.45, 7) is 5.53. The Kier molecular flexibility index (Phi) is 8.88. The summed E-state index contributed by atoms with van der Waals surface area (Å²) in [4.78, 5) is 4.25. The van der Waals surface area contributed by atoms with Crippen molar-refractivity contribution in [3.63, 3.8) is 0 Å². The average molecular weight is 459 g/mol. The van der Waals surface area contributed by atoms with Crippen LogP contribution in [-0.2, 0) is 33.0 Å². The number of rotatable bonds is 6. The molecule has 1 aromatic heterocycles. The fourth-order valence-corrected chi connectivity index (χ4v) is 2.77. The molecule has 25 heavy (non-hydrogen) atoms. The number of nitrogens with zero attached hydrogens (tertiary/aromatic N) is 3. The van der Waals surface area contributed by atoms with E-state index in [9.17, 15) is 4.39 Å². The molecule has 7 heteroatoms. The molecule has 138 valence electrons. The molecule has 0 atom stereocenters. The van der Waals surface area contributed by atoms with E-state index < -0.39 is 0 Å². The van der Waals surface area contributed by atoms with E-state index in [2.05, 4.69) is 34.6 Å². The Labute approximate surface area is 166 Å². The largest absolute Gasteiger partial charge is 0.352 e. The van der Waals surface area contributed by atoms with Gasteiger partial charge in [0, 0.05) is 38.4 Å². The molecule has 2 aromatic rings. The first kappa shape index (κ1) is 21.4. The number of guanidine groups is 1. The van der Waals surface area contributed by atoms with Gasteiger partial charge in [0.2, 0.25) is 0 Å². The lowest BCUT2D eigenvalue weighted by Crippen LogP contribution is -2.36. The lowest BCUT2D eigenvalue weighted by molar-refractivity contribution is 0.626. The smallest absolute Gasteiger partial charge is 0.191 e. The summed E-state index contributed by atoms with van der Waals surface area (Å²) < 4.78 is 14.9. The van der Waals surface area contributed by atoms with Crippen molar-refractivity contribution >= 4 is 29.9 Å². The first-order valence-corrected chi connectivity index (χ1v) is 8.31. The Bertz CT molecular complexity index is 694. The monoisotopic (exact) mass is 459 g/mol. The van der Waals surface area contributed by atoms with E-state index in [1.54, 1.807) is 19.2 Å². The van der Waals surface area contributed by atoms with Crippen LogP contribution in [-0.4, -0.2) is 22.8 Å². The summed E-state index contributed by atoms with van der Waals surface area (Å²) in [7, 11) is 3.73. The summed E-state index contributed by atoms with van der Waals surface area (Å²) in [6, 6.07) is 6.45. The molecular weight excluding hydrogens is 432 g/mol. The van der Waals surface area contributed by atoms with Crippen LogP contribution in [0.1, 0.15) is 36.4 Å². The molecule has 1 aromatic carbocycles. The fraction of sp³-hybridized carbons (Fsp3) is 0.444. The Morgan fingerprint density at radius 2 is 1.76 bits per heavy atom. The van der Waals surface area contributed by atoms with Crippen LogP contribution in [0.4, 0.5) is 4.39 Å². The second-order valence-electron chi connectivity index (χ2n) is 5.61. The lowest BCUT2D eigenvalue weighted by atomic mass is 10.1. The fourth-order valence-electron chi connectivity index (χ4n) is 2.77. The molecule has 0 aliphatic carbocycles. The van der Waals surface area contributed by atoms with Gasteiger partial charge in [0.1, 0.15) is 5.82 Å². The molecule has 1 heterocycles. The van der Waals surface area contributed by atoms with Crippen molar-refractivity contribution in [1.29, 1.82) is 0 Å². The number of hydrogen-bond acceptors (Lipinski definition) is 2. The van der Waals surface area contributed by atoms with Crippen LogP contribution in [0, 0.1) is 5.82 Å². The van der Waals surface area contributed by atoms with E-state index in [1.807, 2.05) is 11.7 Å². The molecular formula is C18H27FIN5. The molecule has 0 amide bonds. The Morgan fingerprint density at radius 1 is 1.12 bits per heavy atom. The molecule has 0 aliphatic rings. The molecule has 0 bridgehead atoms. The van der Waals surface area contributed by atoms with Gasteiger partial charge in [0.05, 0.1) is 5.69 Å². The standard InChI is InChI=1S/C18H26FN5.HI/c1-5-16-15(17(6-2)24(4)23-16)12-22-18(20-3)21-11-13-7-9-14(19)10-8-13;/h7-10H,5-6,11-12H2,1-4H3,(H2,20,21,22);1H. The van der Waals surface area contributed by atoms with Crippen LogP contribution in [0.25, 0.3) is 0 Å². The third kappa shape index (κ3) is 5.69. The van der Waals surface area contributed by atoms with E-state index in [-0.39, 0.29) is 29.8 Å². The van der Waals surface area contributed by atoms with Gasteiger partial charge in [-0.2, -0.15) is 5.10 Å². The highest BCUT2D eigenvalue weighted by atomic mass is 127. The van der Waals surface area contributed by atoms with Crippen molar-refractivity contribution in [2.24, 2.45) is 12.0 Å². The summed E-state index contributed by atoms with van der Waals surface area (Å²) in [6.07, 6.45) is 1.86. The number of benzene rings is 1. The number of hydrogen-bond donors (Lipinski definition) is 2. The van der Waals surface area contributed by atoms with Crippen LogP contribution in [0.2, 0.25) is 0 Å². The maximum Gasteiger partial charge on any atom is 0.191 e. The van der Waals surface area contributed by atoms with Crippen molar-refractivity contribution in [3.8, 4) is 0 Å². The molecule has 0 unspecified atom stereocenters. The second kappa shape index (κ2) is 10.4. The summed E-state index contributed by atoms with van der Waals surface area (Å²) in [5, 5.41) is 11.2. The molecule has 0 aliphatic heterocycles. The predicted octanol–water partition coefficient (Wildman–Crippen LogP) is 3.17. The van der Waals surface area contributed by atoms with Crippen molar-refractivity contribution in [1.82, 2.24) is 20.4 Å². The zero-order chi connectivity index (χ0) is 17.5. The van der Waals surface area contributed by atoms with Gasteiger partial charge in [-0.3, -0.25) is 9.67 Å². The Morgan fingerprint density at radius 3 is 2.32 bits per heavy atom. The molecule has 2 N–H and O–H groups in total. The molecule has 0 saturated heterocycles. The van der Waals surface area contributed by atoms with Crippen molar-refractivity contribution in [2.45, 2.75) is 39.8 Å². The van der Waals surface area contributed by atoms with Crippen molar-refractivity contribution < 1.29 is 4.39 Å². The molecule has 0 saturated carbocycles. The molecule has 0 fully saturated rings. The second-order valence-corrected chi connectivity index (χ2v) is 5.61. The number of aromatic nitrogens is 2. The normalized spacial score (nSPS) is 11.2. The third-order valence-corrected chi connectivity index (χ3v) is 4.06. The van der Waals surface area contributed by atoms with Crippen molar-refractivity contribution in [3.05, 3.63) is 52.6 Å². The van der Waals surface area contributed by atoms with Gasteiger partial charge >= 0.3 is 0 Å². The minimum Gasteiger partial charge on any atom is -0.352 e. The summed E-state index contributed by atoms with van der Waals surface area (Å²) in [5.74, 6) is 0.490. The van der Waals surface area contributed by atoms with Gasteiger partial charge in [-0.05, 0) is 30.5 Å².